The fourth-order valence-corrected chi connectivity index (χ4v) is 4.39. The normalized spacial score (nSPS) is 18.0. The van der Waals surface area contributed by atoms with Crippen molar-refractivity contribution in [1.82, 2.24) is 9.97 Å². The fourth-order valence-electron chi connectivity index (χ4n) is 4.39. The Morgan fingerprint density at radius 3 is 2.74 bits per heavy atom. The molecule has 34 heavy (non-hydrogen) atoms. The monoisotopic (exact) mass is 466 g/mol. The molecule has 176 valence electrons. The maximum atomic E-state index is 14.8. The molecule has 2 aromatic carbocycles. The van der Waals surface area contributed by atoms with Gasteiger partial charge in [0.25, 0.3) is 0 Å². The molecule has 2 heterocycles. The zero-order valence-electron chi connectivity index (χ0n) is 18.7. The third kappa shape index (κ3) is 4.21. The maximum Gasteiger partial charge on any atom is 0.316 e. The van der Waals surface area contributed by atoms with E-state index >= 15 is 0 Å². The number of methoxy groups -OCH3 is 2. The van der Waals surface area contributed by atoms with Gasteiger partial charge in [0.1, 0.15) is 29.2 Å². The van der Waals surface area contributed by atoms with E-state index < -0.39 is 6.10 Å². The number of halogens is 1. The molecule has 1 aromatic heterocycles. The lowest BCUT2D eigenvalue weighted by molar-refractivity contribution is -0.141. The van der Waals surface area contributed by atoms with Crippen molar-refractivity contribution < 1.29 is 32.9 Å². The summed E-state index contributed by atoms with van der Waals surface area (Å²) in [5.74, 6) is 1.54. The molecular formula is C25H23FN2O6. The van der Waals surface area contributed by atoms with Crippen LogP contribution in [0.5, 0.6) is 29.0 Å². The Kier molecular flexibility index (Phi) is 5.91. The van der Waals surface area contributed by atoms with E-state index in [0.29, 0.717) is 48.0 Å². The maximum absolute atomic E-state index is 14.8. The van der Waals surface area contributed by atoms with E-state index in [1.807, 2.05) is 12.1 Å². The molecule has 0 radical (unpaired) electrons. The van der Waals surface area contributed by atoms with Gasteiger partial charge in [0, 0.05) is 28.7 Å². The molecule has 0 N–H and O–H groups in total. The first-order valence-corrected chi connectivity index (χ1v) is 10.9. The summed E-state index contributed by atoms with van der Waals surface area (Å²) >= 11 is 0. The number of esters is 1. The second kappa shape index (κ2) is 9.17. The molecule has 1 aliphatic heterocycles. The van der Waals surface area contributed by atoms with Crippen LogP contribution in [0.15, 0.2) is 42.7 Å². The van der Waals surface area contributed by atoms with Crippen molar-refractivity contribution in [3.8, 4) is 29.0 Å². The first kappa shape index (κ1) is 21.9. The molecule has 0 bridgehead atoms. The highest BCUT2D eigenvalue weighted by Crippen LogP contribution is 2.44. The van der Waals surface area contributed by atoms with Gasteiger partial charge in [0.2, 0.25) is 0 Å². The molecule has 0 saturated carbocycles. The summed E-state index contributed by atoms with van der Waals surface area (Å²) in [5.41, 5.74) is 2.18. The number of nitrogens with zero attached hydrogens (tertiary/aromatic N) is 2. The van der Waals surface area contributed by atoms with Gasteiger partial charge in [-0.15, -0.1) is 0 Å². The SMILES string of the molecule is COC(=O)C[C@@H]1COc2cc(O[C@@H]3CCc4c(Oc5cnc(OC)nc5)ccc(F)c43)ccc21. The lowest BCUT2D eigenvalue weighted by Gasteiger charge is -2.17. The van der Waals surface area contributed by atoms with E-state index in [0.717, 1.165) is 11.1 Å². The third-order valence-corrected chi connectivity index (χ3v) is 6.04. The van der Waals surface area contributed by atoms with Gasteiger partial charge in [0.15, 0.2) is 5.75 Å². The number of fused-ring (bicyclic) bond motifs is 2. The number of hydrogen-bond acceptors (Lipinski definition) is 8. The van der Waals surface area contributed by atoms with E-state index in [1.54, 1.807) is 12.1 Å². The minimum Gasteiger partial charge on any atom is -0.492 e. The molecule has 0 spiro atoms. The standard InChI is InChI=1S/C25H23FN2O6/c1-30-23(29)9-14-13-32-22-10-15(3-4-17(14)22)33-21-7-5-18-20(8-6-19(26)24(18)21)34-16-11-27-25(31-2)28-12-16/h3-4,6,8,10-12,14,21H,5,7,9,13H2,1-2H3/t14-,21-/m1/s1. The van der Waals surface area contributed by atoms with Crippen LogP contribution in [-0.2, 0) is 16.0 Å². The number of benzene rings is 2. The van der Waals surface area contributed by atoms with Gasteiger partial charge in [-0.1, -0.05) is 6.07 Å². The van der Waals surface area contributed by atoms with Gasteiger partial charge < -0.3 is 23.7 Å². The number of ether oxygens (including phenoxy) is 5. The third-order valence-electron chi connectivity index (χ3n) is 6.04. The fraction of sp³-hybridized carbons (Fsp3) is 0.320. The van der Waals surface area contributed by atoms with Crippen LogP contribution in [0.1, 0.15) is 41.6 Å². The topological polar surface area (TPSA) is 89.0 Å². The number of rotatable bonds is 7. The zero-order chi connectivity index (χ0) is 23.7. The Hall–Kier alpha value is -3.88. The van der Waals surface area contributed by atoms with Crippen LogP contribution in [0, 0.1) is 5.82 Å². The van der Waals surface area contributed by atoms with Crippen molar-refractivity contribution in [1.29, 1.82) is 0 Å². The Morgan fingerprint density at radius 1 is 1.15 bits per heavy atom. The van der Waals surface area contributed by atoms with Crippen molar-refractivity contribution in [3.05, 3.63) is 65.2 Å². The van der Waals surface area contributed by atoms with Gasteiger partial charge in [-0.2, -0.15) is 9.97 Å². The van der Waals surface area contributed by atoms with Crippen LogP contribution >= 0.6 is 0 Å². The molecule has 1 aliphatic carbocycles. The zero-order valence-corrected chi connectivity index (χ0v) is 18.7. The van der Waals surface area contributed by atoms with E-state index in [1.165, 1.54) is 32.7 Å². The van der Waals surface area contributed by atoms with Gasteiger partial charge in [0.05, 0.1) is 39.6 Å². The summed E-state index contributed by atoms with van der Waals surface area (Å²) in [6, 6.07) is 8.72. The smallest absolute Gasteiger partial charge is 0.316 e. The second-order valence-corrected chi connectivity index (χ2v) is 8.08. The van der Waals surface area contributed by atoms with Crippen molar-refractivity contribution in [2.45, 2.75) is 31.3 Å². The van der Waals surface area contributed by atoms with Gasteiger partial charge in [-0.05, 0) is 31.0 Å². The van der Waals surface area contributed by atoms with Crippen LogP contribution in [0.3, 0.4) is 0 Å². The van der Waals surface area contributed by atoms with Crippen molar-refractivity contribution in [2.75, 3.05) is 20.8 Å². The average molecular weight is 466 g/mol. The van der Waals surface area contributed by atoms with E-state index in [2.05, 4.69) is 9.97 Å². The first-order valence-electron chi connectivity index (χ1n) is 10.9. The van der Waals surface area contributed by atoms with E-state index in [4.69, 9.17) is 23.7 Å². The summed E-state index contributed by atoms with van der Waals surface area (Å²) in [6.07, 6.45) is 4.01. The van der Waals surface area contributed by atoms with Gasteiger partial charge in [-0.25, -0.2) is 4.39 Å². The van der Waals surface area contributed by atoms with Crippen LogP contribution < -0.4 is 18.9 Å². The van der Waals surface area contributed by atoms with Crippen molar-refractivity contribution >= 4 is 5.97 Å². The minimum absolute atomic E-state index is 0.0530. The molecule has 0 fully saturated rings. The molecule has 0 saturated heterocycles. The van der Waals surface area contributed by atoms with Crippen LogP contribution in [0.4, 0.5) is 4.39 Å². The largest absolute Gasteiger partial charge is 0.492 e. The predicted molar refractivity (Wildman–Crippen MR) is 118 cm³/mol. The molecular weight excluding hydrogens is 443 g/mol. The Bertz CT molecular complexity index is 1220. The lowest BCUT2D eigenvalue weighted by Crippen LogP contribution is -2.09. The number of hydrogen-bond donors (Lipinski definition) is 0. The Morgan fingerprint density at radius 2 is 1.97 bits per heavy atom. The summed E-state index contributed by atoms with van der Waals surface area (Å²) in [5, 5.41) is 0. The summed E-state index contributed by atoms with van der Waals surface area (Å²) in [4.78, 5) is 19.7. The molecule has 2 aliphatic rings. The molecule has 2 atom stereocenters. The van der Waals surface area contributed by atoms with E-state index in [9.17, 15) is 9.18 Å². The summed E-state index contributed by atoms with van der Waals surface area (Å²) in [6.45, 7) is 0.407. The molecule has 0 amide bonds. The van der Waals surface area contributed by atoms with Crippen molar-refractivity contribution in [2.24, 2.45) is 0 Å². The minimum atomic E-state index is -0.462. The molecule has 5 rings (SSSR count). The quantitative estimate of drug-likeness (QED) is 0.470. The van der Waals surface area contributed by atoms with Crippen LogP contribution in [0.25, 0.3) is 0 Å². The van der Waals surface area contributed by atoms with Crippen LogP contribution in [-0.4, -0.2) is 36.8 Å². The molecule has 3 aromatic rings. The van der Waals surface area contributed by atoms with Crippen LogP contribution in [0.2, 0.25) is 0 Å². The highest BCUT2D eigenvalue weighted by atomic mass is 19.1. The number of carbonyl (C=O) groups excluding carboxylic acids is 1. The molecule has 9 heteroatoms. The Labute approximate surface area is 195 Å². The highest BCUT2D eigenvalue weighted by molar-refractivity contribution is 5.71. The molecule has 0 unspecified atom stereocenters. The second-order valence-electron chi connectivity index (χ2n) is 8.08. The van der Waals surface area contributed by atoms with Gasteiger partial charge >= 0.3 is 12.0 Å². The highest BCUT2D eigenvalue weighted by Gasteiger charge is 2.32. The Balaban J connectivity index is 1.34. The lowest BCUT2D eigenvalue weighted by atomic mass is 9.98. The average Bonchev–Trinajstić information content (AvgIpc) is 3.46. The predicted octanol–water partition coefficient (Wildman–Crippen LogP) is 4.52. The number of carbonyl (C=O) groups is 1. The van der Waals surface area contributed by atoms with E-state index in [-0.39, 0.29) is 30.1 Å². The summed E-state index contributed by atoms with van der Waals surface area (Å²) in [7, 11) is 2.85. The summed E-state index contributed by atoms with van der Waals surface area (Å²) < 4.78 is 42.4. The molecule has 8 nitrogen and oxygen atoms in total. The first-order chi connectivity index (χ1) is 16.6. The number of aromatic nitrogens is 2. The van der Waals surface area contributed by atoms with Gasteiger partial charge in [-0.3, -0.25) is 4.79 Å². The van der Waals surface area contributed by atoms with Crippen molar-refractivity contribution in [3.63, 3.8) is 0 Å².